The van der Waals surface area contributed by atoms with Crippen LogP contribution in [0.25, 0.3) is 0 Å². The summed E-state index contributed by atoms with van der Waals surface area (Å²) >= 11 is 0. The maximum absolute atomic E-state index is 11.1. The van der Waals surface area contributed by atoms with Gasteiger partial charge in [0.15, 0.2) is 0 Å². The van der Waals surface area contributed by atoms with E-state index in [1.165, 1.54) is 0 Å². The lowest BCUT2D eigenvalue weighted by Gasteiger charge is -2.18. The molecule has 15 heavy (non-hydrogen) atoms. The molecule has 0 aromatic heterocycles. The minimum atomic E-state index is -3.01. The Labute approximate surface area is 93.9 Å². The van der Waals surface area contributed by atoms with E-state index in [1.54, 1.807) is 6.92 Å². The van der Waals surface area contributed by atoms with Gasteiger partial charge in [-0.3, -0.25) is 0 Å². The number of hydrogen-bond donors (Lipinski definition) is 2. The van der Waals surface area contributed by atoms with Gasteiger partial charge in [0.25, 0.3) is 0 Å². The molecule has 92 valence electrons. The average Bonchev–Trinajstić information content (AvgIpc) is 2.09. The highest BCUT2D eigenvalue weighted by atomic mass is 32.2. The Morgan fingerprint density at radius 1 is 1.13 bits per heavy atom. The Hall–Kier alpha value is -0.130. The second kappa shape index (κ2) is 6.45. The summed E-state index contributed by atoms with van der Waals surface area (Å²) in [5.41, 5.74) is 0.281. The molecule has 0 aliphatic rings. The van der Waals surface area contributed by atoms with Crippen molar-refractivity contribution in [1.82, 2.24) is 10.0 Å². The van der Waals surface area contributed by atoms with Gasteiger partial charge in [0, 0.05) is 6.54 Å². The van der Waals surface area contributed by atoms with Gasteiger partial charge in [-0.2, -0.15) is 0 Å². The molecule has 0 bridgehead atoms. The van der Waals surface area contributed by atoms with E-state index < -0.39 is 10.0 Å². The Morgan fingerprint density at radius 2 is 1.73 bits per heavy atom. The minimum Gasteiger partial charge on any atom is -0.316 e. The number of rotatable bonds is 7. The second-order valence-corrected chi connectivity index (χ2v) is 6.98. The largest absolute Gasteiger partial charge is 0.316 e. The van der Waals surface area contributed by atoms with Crippen molar-refractivity contribution in [1.29, 1.82) is 0 Å². The van der Waals surface area contributed by atoms with Crippen LogP contribution in [0.1, 0.15) is 34.1 Å². The van der Waals surface area contributed by atoms with Gasteiger partial charge in [0.2, 0.25) is 10.0 Å². The van der Waals surface area contributed by atoms with E-state index in [9.17, 15) is 8.42 Å². The van der Waals surface area contributed by atoms with E-state index in [1.807, 2.05) is 0 Å². The normalized spacial score (nSPS) is 13.1. The molecule has 0 amide bonds. The zero-order valence-electron chi connectivity index (χ0n) is 10.3. The lowest BCUT2D eigenvalue weighted by molar-refractivity contribution is 0.379. The molecular weight excluding hydrogens is 212 g/mol. The highest BCUT2D eigenvalue weighted by Crippen LogP contribution is 2.09. The number of hydrogen-bond acceptors (Lipinski definition) is 3. The summed E-state index contributed by atoms with van der Waals surface area (Å²) in [5, 5.41) is 3.29. The van der Waals surface area contributed by atoms with Crippen LogP contribution in [0.15, 0.2) is 0 Å². The molecule has 0 unspecified atom stereocenters. The first-order valence-corrected chi connectivity index (χ1v) is 7.10. The van der Waals surface area contributed by atoms with Crippen molar-refractivity contribution < 1.29 is 8.42 Å². The van der Waals surface area contributed by atoms with Crippen molar-refractivity contribution in [3.63, 3.8) is 0 Å². The Morgan fingerprint density at radius 3 is 2.20 bits per heavy atom. The van der Waals surface area contributed by atoms with E-state index in [-0.39, 0.29) is 11.2 Å². The quantitative estimate of drug-likeness (QED) is 0.647. The fraction of sp³-hybridized carbons (Fsp3) is 1.00. The number of sulfonamides is 1. The summed E-state index contributed by atoms with van der Waals surface area (Å²) in [4.78, 5) is 0. The van der Waals surface area contributed by atoms with Crippen LogP contribution in [0.5, 0.6) is 0 Å². The van der Waals surface area contributed by atoms with Crippen LogP contribution in [0.3, 0.4) is 0 Å². The van der Waals surface area contributed by atoms with Crippen molar-refractivity contribution in [2.75, 3.05) is 25.4 Å². The zero-order chi connectivity index (χ0) is 11.9. The molecule has 2 N–H and O–H groups in total. The highest BCUT2D eigenvalue weighted by Gasteiger charge is 2.08. The van der Waals surface area contributed by atoms with Crippen molar-refractivity contribution in [2.45, 2.75) is 34.1 Å². The van der Waals surface area contributed by atoms with Crippen molar-refractivity contribution >= 4 is 10.0 Å². The predicted octanol–water partition coefficient (Wildman–Crippen LogP) is 0.951. The van der Waals surface area contributed by atoms with Crippen LogP contribution < -0.4 is 10.0 Å². The van der Waals surface area contributed by atoms with Gasteiger partial charge in [-0.05, 0) is 31.8 Å². The molecule has 0 fully saturated rings. The van der Waals surface area contributed by atoms with Gasteiger partial charge >= 0.3 is 0 Å². The molecule has 5 heteroatoms. The van der Waals surface area contributed by atoms with Gasteiger partial charge < -0.3 is 5.32 Å². The lowest BCUT2D eigenvalue weighted by Crippen LogP contribution is -2.31. The predicted molar refractivity (Wildman–Crippen MR) is 64.4 cm³/mol. The van der Waals surface area contributed by atoms with Crippen molar-refractivity contribution in [3.05, 3.63) is 0 Å². The van der Waals surface area contributed by atoms with Crippen LogP contribution >= 0.6 is 0 Å². The molecule has 0 rings (SSSR count). The molecule has 0 atom stereocenters. The first-order valence-electron chi connectivity index (χ1n) is 5.45. The maximum atomic E-state index is 11.1. The summed E-state index contributed by atoms with van der Waals surface area (Å²) in [6.07, 6.45) is 0.829. The van der Waals surface area contributed by atoms with Crippen LogP contribution in [0.2, 0.25) is 0 Å². The molecule has 0 radical (unpaired) electrons. The van der Waals surface area contributed by atoms with Gasteiger partial charge in [-0.1, -0.05) is 20.8 Å². The summed E-state index contributed by atoms with van der Waals surface area (Å²) in [7, 11) is -3.01. The highest BCUT2D eigenvalue weighted by molar-refractivity contribution is 7.89. The Balaban J connectivity index is 3.42. The van der Waals surface area contributed by atoms with E-state index in [0.717, 1.165) is 19.5 Å². The molecule has 0 saturated carbocycles. The van der Waals surface area contributed by atoms with E-state index in [2.05, 4.69) is 30.8 Å². The fourth-order valence-corrected chi connectivity index (χ4v) is 1.67. The monoisotopic (exact) mass is 236 g/mol. The standard InChI is InChI=1S/C10H24N2O2S/c1-5-15(13,14)12-8-6-7-11-9-10(2,3)4/h11-12H,5-9H2,1-4H3. The molecule has 0 aromatic carbocycles. The molecule has 0 aromatic rings. The smallest absolute Gasteiger partial charge is 0.211 e. The van der Waals surface area contributed by atoms with Crippen LogP contribution in [0, 0.1) is 5.41 Å². The van der Waals surface area contributed by atoms with E-state index in [0.29, 0.717) is 6.54 Å². The third-order valence-electron chi connectivity index (χ3n) is 1.89. The lowest BCUT2D eigenvalue weighted by atomic mass is 9.97. The van der Waals surface area contributed by atoms with E-state index >= 15 is 0 Å². The van der Waals surface area contributed by atoms with Crippen LogP contribution in [-0.4, -0.2) is 33.8 Å². The fourth-order valence-electron chi connectivity index (χ4n) is 1.01. The summed E-state index contributed by atoms with van der Waals surface area (Å²) in [6.45, 7) is 10.5. The summed E-state index contributed by atoms with van der Waals surface area (Å²) in [6, 6.07) is 0. The zero-order valence-corrected chi connectivity index (χ0v) is 11.1. The van der Waals surface area contributed by atoms with Gasteiger partial charge in [0.05, 0.1) is 5.75 Å². The average molecular weight is 236 g/mol. The topological polar surface area (TPSA) is 58.2 Å². The van der Waals surface area contributed by atoms with Crippen LogP contribution in [-0.2, 0) is 10.0 Å². The van der Waals surface area contributed by atoms with Gasteiger partial charge in [-0.25, -0.2) is 13.1 Å². The Kier molecular flexibility index (Phi) is 6.40. The summed E-state index contributed by atoms with van der Waals surface area (Å²) < 4.78 is 24.7. The van der Waals surface area contributed by atoms with Gasteiger partial charge in [0.1, 0.15) is 0 Å². The second-order valence-electron chi connectivity index (χ2n) is 4.89. The van der Waals surface area contributed by atoms with Crippen molar-refractivity contribution in [3.8, 4) is 0 Å². The first-order chi connectivity index (χ1) is 6.77. The van der Waals surface area contributed by atoms with Gasteiger partial charge in [-0.15, -0.1) is 0 Å². The molecule has 0 aliphatic carbocycles. The molecule has 0 aliphatic heterocycles. The molecule has 4 nitrogen and oxygen atoms in total. The maximum Gasteiger partial charge on any atom is 0.211 e. The first kappa shape index (κ1) is 14.9. The molecule has 0 heterocycles. The molecule has 0 spiro atoms. The third kappa shape index (κ3) is 10.2. The number of nitrogens with one attached hydrogen (secondary N) is 2. The Bertz CT molecular complexity index is 255. The molecule has 0 saturated heterocycles. The van der Waals surface area contributed by atoms with Crippen molar-refractivity contribution in [2.24, 2.45) is 5.41 Å². The van der Waals surface area contributed by atoms with Crippen LogP contribution in [0.4, 0.5) is 0 Å². The van der Waals surface area contributed by atoms with E-state index in [4.69, 9.17) is 0 Å². The molecular formula is C10H24N2O2S. The SMILES string of the molecule is CCS(=O)(=O)NCCCNCC(C)(C)C. The summed E-state index contributed by atoms with van der Waals surface area (Å²) in [5.74, 6) is 0.155. The minimum absolute atomic E-state index is 0.155. The third-order valence-corrected chi connectivity index (χ3v) is 3.29.